The number of anilines is 6. The van der Waals surface area contributed by atoms with Crippen LogP contribution in [-0.2, 0) is 0 Å². The summed E-state index contributed by atoms with van der Waals surface area (Å²) in [5, 5.41) is 2.22. The van der Waals surface area contributed by atoms with Crippen molar-refractivity contribution in [3.05, 3.63) is 175 Å². The van der Waals surface area contributed by atoms with Gasteiger partial charge in [0.15, 0.2) is 0 Å². The van der Waals surface area contributed by atoms with Crippen molar-refractivity contribution < 1.29 is 9.47 Å². The normalized spacial score (nSPS) is 12.9. The number of para-hydroxylation sites is 2. The summed E-state index contributed by atoms with van der Waals surface area (Å²) < 4.78 is 13.8. The van der Waals surface area contributed by atoms with E-state index in [0.29, 0.717) is 0 Å². The second-order valence-electron chi connectivity index (χ2n) is 14.3. The summed E-state index contributed by atoms with van der Waals surface area (Å²) in [5.41, 5.74) is 15.0. The highest BCUT2D eigenvalue weighted by molar-refractivity contribution is 6.99. The van der Waals surface area contributed by atoms with E-state index in [9.17, 15) is 0 Å². The van der Waals surface area contributed by atoms with Crippen LogP contribution in [-0.4, -0.2) is 6.71 Å². The first-order chi connectivity index (χ1) is 26.1. The highest BCUT2D eigenvalue weighted by atomic mass is 16.5. The van der Waals surface area contributed by atoms with Crippen LogP contribution in [0.4, 0.5) is 34.1 Å². The largest absolute Gasteiger partial charge is 0.458 e. The molecule has 0 amide bonds. The predicted octanol–water partition coefficient (Wildman–Crippen LogP) is 11.1. The van der Waals surface area contributed by atoms with Gasteiger partial charge in [-0.25, -0.2) is 0 Å². The number of rotatable bonds is 4. The van der Waals surface area contributed by atoms with Crippen LogP contribution < -0.4 is 35.7 Å². The highest BCUT2D eigenvalue weighted by Crippen LogP contribution is 2.52. The van der Waals surface area contributed by atoms with Crippen LogP contribution in [0.5, 0.6) is 23.0 Å². The third-order valence-corrected chi connectivity index (χ3v) is 11.0. The van der Waals surface area contributed by atoms with Crippen LogP contribution >= 0.6 is 0 Å². The van der Waals surface area contributed by atoms with Crippen molar-refractivity contribution in [3.63, 3.8) is 0 Å². The first-order valence-corrected chi connectivity index (χ1v) is 18.2. The van der Waals surface area contributed by atoms with E-state index in [1.165, 1.54) is 27.7 Å². The fourth-order valence-corrected chi connectivity index (χ4v) is 8.66. The Morgan fingerprint density at radius 2 is 1.19 bits per heavy atom. The molecule has 0 spiro atoms. The molecule has 0 atom stereocenters. The van der Waals surface area contributed by atoms with E-state index in [0.717, 1.165) is 78.8 Å². The van der Waals surface area contributed by atoms with Gasteiger partial charge in [0, 0.05) is 44.8 Å². The third kappa shape index (κ3) is 4.50. The van der Waals surface area contributed by atoms with Crippen molar-refractivity contribution >= 4 is 68.0 Å². The lowest BCUT2D eigenvalue weighted by molar-refractivity contribution is 0.475. The van der Waals surface area contributed by atoms with Gasteiger partial charge in [0.25, 0.3) is 6.71 Å². The monoisotopic (exact) mass is 680 g/mol. The number of nitrogens with zero attached hydrogens (tertiary/aromatic N) is 2. The minimum Gasteiger partial charge on any atom is -0.458 e. The molecule has 0 bridgehead atoms. The van der Waals surface area contributed by atoms with Crippen molar-refractivity contribution in [1.29, 1.82) is 0 Å². The Kier molecular flexibility index (Phi) is 6.44. The number of fused-ring (bicyclic) bond motifs is 6. The van der Waals surface area contributed by atoms with Crippen LogP contribution in [0.3, 0.4) is 0 Å². The van der Waals surface area contributed by atoms with E-state index in [2.05, 4.69) is 187 Å². The molecule has 8 aromatic rings. The van der Waals surface area contributed by atoms with E-state index in [1.807, 2.05) is 0 Å². The zero-order valence-electron chi connectivity index (χ0n) is 29.4. The molecule has 250 valence electrons. The third-order valence-electron chi connectivity index (χ3n) is 11.0. The fourth-order valence-electron chi connectivity index (χ4n) is 8.66. The van der Waals surface area contributed by atoms with Gasteiger partial charge in [0.05, 0.1) is 5.69 Å². The van der Waals surface area contributed by atoms with Crippen LogP contribution in [0, 0.1) is 13.8 Å². The number of ether oxygens (including phenoxy) is 2. The molecule has 53 heavy (non-hydrogen) atoms. The molecule has 0 fully saturated rings. The molecule has 8 aromatic carbocycles. The van der Waals surface area contributed by atoms with Crippen LogP contribution in [0.1, 0.15) is 11.1 Å². The number of hydrogen-bond donors (Lipinski definition) is 0. The highest BCUT2D eigenvalue weighted by Gasteiger charge is 2.42. The van der Waals surface area contributed by atoms with Gasteiger partial charge in [-0.15, -0.1) is 0 Å². The Morgan fingerprint density at radius 3 is 1.96 bits per heavy atom. The molecular formula is C48H33BN2O2. The smallest absolute Gasteiger partial charge is 0.256 e. The Balaban J connectivity index is 1.09. The predicted molar refractivity (Wildman–Crippen MR) is 219 cm³/mol. The summed E-state index contributed by atoms with van der Waals surface area (Å²) in [4.78, 5) is 4.71. The molecule has 3 heterocycles. The second-order valence-corrected chi connectivity index (χ2v) is 14.3. The zero-order valence-corrected chi connectivity index (χ0v) is 29.4. The molecule has 5 heteroatoms. The lowest BCUT2D eigenvalue weighted by Gasteiger charge is -2.40. The van der Waals surface area contributed by atoms with Gasteiger partial charge in [-0.05, 0) is 115 Å². The van der Waals surface area contributed by atoms with Crippen LogP contribution in [0.15, 0.2) is 164 Å². The maximum atomic E-state index is 6.92. The van der Waals surface area contributed by atoms with Crippen molar-refractivity contribution in [2.24, 2.45) is 0 Å². The summed E-state index contributed by atoms with van der Waals surface area (Å²) in [6, 6.07) is 58.5. The first kappa shape index (κ1) is 30.0. The first-order valence-electron chi connectivity index (χ1n) is 18.2. The summed E-state index contributed by atoms with van der Waals surface area (Å²) in [5.74, 6) is 3.46. The van der Waals surface area contributed by atoms with Gasteiger partial charge < -0.3 is 19.3 Å². The number of aryl methyl sites for hydroxylation is 2. The van der Waals surface area contributed by atoms with Crippen LogP contribution in [0.2, 0.25) is 0 Å². The quantitative estimate of drug-likeness (QED) is 0.173. The molecule has 0 saturated heterocycles. The average Bonchev–Trinajstić information content (AvgIpc) is 3.19. The molecule has 0 saturated carbocycles. The fraction of sp³-hybridized carbons (Fsp3) is 0.0417. The summed E-state index contributed by atoms with van der Waals surface area (Å²) in [6.45, 7) is 4.30. The topological polar surface area (TPSA) is 24.9 Å². The van der Waals surface area contributed by atoms with Gasteiger partial charge in [-0.1, -0.05) is 96.1 Å². The molecule has 3 aliphatic rings. The Morgan fingerprint density at radius 1 is 0.491 bits per heavy atom. The lowest BCUT2D eigenvalue weighted by atomic mass is 9.34. The standard InChI is InChI=1S/C48H33BN2O2/c1-30-19-22-34(23-20-30)51-41-25-21-31(2)27-38(41)49-39-29-45-37(28-46(39)53-44-18-10-16-42(51)48(44)49)35-24-26-40(36-15-9-17-43(52-45)47(35)36)50(32-11-5-3-6-12-32)33-13-7-4-8-14-33/h3-29H,1-2H3. The number of benzene rings is 8. The van der Waals surface area contributed by atoms with E-state index in [1.54, 1.807) is 0 Å². The summed E-state index contributed by atoms with van der Waals surface area (Å²) in [6.07, 6.45) is 0. The zero-order chi connectivity index (χ0) is 35.2. The molecule has 0 unspecified atom stereocenters. The Hall–Kier alpha value is -6.72. The van der Waals surface area contributed by atoms with Gasteiger partial charge in [0.2, 0.25) is 0 Å². The van der Waals surface area contributed by atoms with Gasteiger partial charge >= 0.3 is 0 Å². The molecular weight excluding hydrogens is 647 g/mol. The van der Waals surface area contributed by atoms with Gasteiger partial charge in [0.1, 0.15) is 23.0 Å². The van der Waals surface area contributed by atoms with Crippen molar-refractivity contribution in [1.82, 2.24) is 0 Å². The Bertz CT molecular complexity index is 2720. The van der Waals surface area contributed by atoms with E-state index < -0.39 is 0 Å². The lowest BCUT2D eigenvalue weighted by Crippen LogP contribution is -2.59. The van der Waals surface area contributed by atoms with Crippen molar-refractivity contribution in [3.8, 4) is 34.1 Å². The maximum absolute atomic E-state index is 6.92. The van der Waals surface area contributed by atoms with Crippen molar-refractivity contribution in [2.75, 3.05) is 9.80 Å². The van der Waals surface area contributed by atoms with E-state index in [4.69, 9.17) is 9.47 Å². The molecule has 0 aromatic heterocycles. The Labute approximate surface area is 309 Å². The van der Waals surface area contributed by atoms with Gasteiger partial charge in [-0.3, -0.25) is 0 Å². The minimum absolute atomic E-state index is 0.0136. The van der Waals surface area contributed by atoms with Crippen molar-refractivity contribution in [2.45, 2.75) is 13.8 Å². The average molecular weight is 681 g/mol. The molecule has 0 N–H and O–H groups in total. The summed E-state index contributed by atoms with van der Waals surface area (Å²) >= 11 is 0. The van der Waals surface area contributed by atoms with E-state index in [-0.39, 0.29) is 6.71 Å². The maximum Gasteiger partial charge on any atom is 0.256 e. The van der Waals surface area contributed by atoms with Crippen LogP contribution in [0.25, 0.3) is 21.9 Å². The molecule has 11 rings (SSSR count). The number of hydrogen-bond acceptors (Lipinski definition) is 4. The SMILES string of the molecule is Cc1ccc(N2c3ccc(C)cc3B3c4cc5c(cc4Oc4cccc2c43)-c2ccc(N(c3ccccc3)c3ccccc3)c3cccc(c23)O5)cc1. The molecule has 4 nitrogen and oxygen atoms in total. The summed E-state index contributed by atoms with van der Waals surface area (Å²) in [7, 11) is 0. The molecule has 3 aliphatic heterocycles. The van der Waals surface area contributed by atoms with E-state index >= 15 is 0 Å². The molecule has 0 aliphatic carbocycles. The second kappa shape index (κ2) is 11.4. The van der Waals surface area contributed by atoms with Gasteiger partial charge in [-0.2, -0.15) is 0 Å². The minimum atomic E-state index is -0.0136. The molecule has 0 radical (unpaired) electrons.